The van der Waals surface area contributed by atoms with Crippen molar-refractivity contribution in [2.45, 2.75) is 87.0 Å². The first-order valence-electron chi connectivity index (χ1n) is 13.4. The largest absolute Gasteiger partial charge is 0.871 e. The number of aryl methyl sites for hydroxylation is 1. The number of hydrogen-bond acceptors (Lipinski definition) is 3. The molecule has 2 heterocycles. The van der Waals surface area contributed by atoms with E-state index in [-0.39, 0.29) is 11.5 Å². The van der Waals surface area contributed by atoms with E-state index in [1.54, 1.807) is 12.2 Å². The summed E-state index contributed by atoms with van der Waals surface area (Å²) in [6, 6.07) is 4.29. The maximum Gasteiger partial charge on any atom is 0.218 e. The van der Waals surface area contributed by atoms with Crippen LogP contribution in [0.3, 0.4) is 0 Å². The zero-order chi connectivity index (χ0) is 26.6. The molecule has 0 bridgehead atoms. The summed E-state index contributed by atoms with van der Waals surface area (Å²) in [6.45, 7) is 17.7. The van der Waals surface area contributed by atoms with Crippen LogP contribution in [0.25, 0.3) is 6.08 Å². The third-order valence-electron chi connectivity index (χ3n) is 6.45. The molecular weight excluding hydrogens is 480 g/mol. The van der Waals surface area contributed by atoms with Gasteiger partial charge in [0.15, 0.2) is 5.78 Å². The van der Waals surface area contributed by atoms with Gasteiger partial charge >= 0.3 is 0 Å². The van der Waals surface area contributed by atoms with E-state index in [0.29, 0.717) is 34.8 Å². The highest BCUT2D eigenvalue weighted by Gasteiger charge is 2.27. The summed E-state index contributed by atoms with van der Waals surface area (Å²) >= 11 is 3.69. The number of thioether (sulfide) groups is 1. The average Bonchev–Trinajstić information content (AvgIpc) is 2.82. The SMILES string of the molecule is CC(C)CCC1=CC(=CC2=C([O-])C(=Cc3cc(CCC(C)C)[s+]c(C(C)C)c3)C2=O)C=C(C(C)C)S1. The third kappa shape index (κ3) is 7.55. The van der Waals surface area contributed by atoms with E-state index in [1.807, 2.05) is 23.1 Å². The Kier molecular flexibility index (Phi) is 10.00. The molecule has 0 saturated heterocycles. The van der Waals surface area contributed by atoms with Crippen LogP contribution in [0.1, 0.15) is 95.9 Å². The molecule has 4 heteroatoms. The fourth-order valence-corrected chi connectivity index (χ4v) is 6.37. The fourth-order valence-electron chi connectivity index (χ4n) is 4.08. The minimum atomic E-state index is -0.135. The van der Waals surface area contributed by atoms with Crippen molar-refractivity contribution < 1.29 is 9.90 Å². The van der Waals surface area contributed by atoms with Crippen LogP contribution < -0.4 is 5.11 Å². The molecule has 0 fully saturated rings. The number of hydrogen-bond donors (Lipinski definition) is 0. The Labute approximate surface area is 227 Å². The molecule has 1 aliphatic carbocycles. The number of carbonyl (C=O) groups is 1. The van der Waals surface area contributed by atoms with E-state index in [9.17, 15) is 9.90 Å². The molecule has 36 heavy (non-hydrogen) atoms. The predicted molar refractivity (Wildman–Crippen MR) is 157 cm³/mol. The Bertz CT molecular complexity index is 1140. The van der Waals surface area contributed by atoms with Crippen LogP contribution in [0.4, 0.5) is 0 Å². The van der Waals surface area contributed by atoms with Crippen molar-refractivity contribution in [3.05, 3.63) is 78.0 Å². The minimum absolute atomic E-state index is 0.135. The summed E-state index contributed by atoms with van der Waals surface area (Å²) in [4.78, 5) is 18.3. The Hall–Kier alpha value is -1.91. The van der Waals surface area contributed by atoms with Crippen molar-refractivity contribution in [2.75, 3.05) is 0 Å². The molecule has 0 amide bonds. The molecule has 2 nitrogen and oxygen atoms in total. The molecule has 3 rings (SSSR count). The first-order valence-corrected chi connectivity index (χ1v) is 15.0. The molecular formula is C32H42O2S2. The second-order valence-electron chi connectivity index (χ2n) is 11.5. The number of allylic oxidation sites excluding steroid dienone is 8. The Balaban J connectivity index is 1.91. The molecule has 0 atom stereocenters. The van der Waals surface area contributed by atoms with Gasteiger partial charge in [-0.3, -0.25) is 4.79 Å². The number of ketones is 1. The molecule has 0 aromatic carbocycles. The predicted octanol–water partition coefficient (Wildman–Crippen LogP) is 8.85. The first kappa shape index (κ1) is 28.7. The Morgan fingerprint density at radius 3 is 2.14 bits per heavy atom. The lowest BCUT2D eigenvalue weighted by atomic mass is 9.85. The van der Waals surface area contributed by atoms with Crippen LogP contribution in [-0.4, -0.2) is 5.78 Å². The van der Waals surface area contributed by atoms with E-state index >= 15 is 0 Å². The van der Waals surface area contributed by atoms with Gasteiger partial charge in [-0.05, 0) is 82.3 Å². The molecule has 1 aromatic heterocycles. The van der Waals surface area contributed by atoms with E-state index in [2.05, 4.69) is 79.7 Å². The van der Waals surface area contributed by atoms with Crippen LogP contribution >= 0.6 is 23.1 Å². The summed E-state index contributed by atoms with van der Waals surface area (Å²) in [5.41, 5.74) is 2.55. The average molecular weight is 523 g/mol. The first-order chi connectivity index (χ1) is 16.9. The lowest BCUT2D eigenvalue weighted by molar-refractivity contribution is -0.300. The second-order valence-corrected chi connectivity index (χ2v) is 13.9. The summed E-state index contributed by atoms with van der Waals surface area (Å²) < 4.78 is 0. The Morgan fingerprint density at radius 1 is 0.889 bits per heavy atom. The summed E-state index contributed by atoms with van der Waals surface area (Å²) in [5.74, 6) is 1.84. The van der Waals surface area contributed by atoms with Crippen molar-refractivity contribution in [3.8, 4) is 0 Å². The van der Waals surface area contributed by atoms with Crippen molar-refractivity contribution in [3.63, 3.8) is 0 Å². The van der Waals surface area contributed by atoms with Crippen molar-refractivity contribution >= 4 is 35.0 Å². The van der Waals surface area contributed by atoms with Crippen LogP contribution in [0, 0.1) is 17.8 Å². The lowest BCUT2D eigenvalue weighted by Crippen LogP contribution is -2.29. The molecule has 0 unspecified atom stereocenters. The molecule has 1 aromatic rings. The highest BCUT2D eigenvalue weighted by atomic mass is 32.2. The minimum Gasteiger partial charge on any atom is -0.871 e. The van der Waals surface area contributed by atoms with Gasteiger partial charge in [0.05, 0.1) is 0 Å². The van der Waals surface area contributed by atoms with Gasteiger partial charge in [-0.2, -0.15) is 0 Å². The third-order valence-corrected chi connectivity index (χ3v) is 9.26. The van der Waals surface area contributed by atoms with Gasteiger partial charge < -0.3 is 5.11 Å². The zero-order valence-corrected chi connectivity index (χ0v) is 24.9. The van der Waals surface area contributed by atoms with Gasteiger partial charge in [-0.15, -0.1) is 0 Å². The van der Waals surface area contributed by atoms with Gasteiger partial charge in [-0.25, -0.2) is 0 Å². The van der Waals surface area contributed by atoms with E-state index < -0.39 is 0 Å². The molecule has 2 aliphatic rings. The summed E-state index contributed by atoms with van der Waals surface area (Å²) in [5, 5.41) is 13.1. The topological polar surface area (TPSA) is 40.1 Å². The van der Waals surface area contributed by atoms with Crippen LogP contribution in [0.5, 0.6) is 0 Å². The highest BCUT2D eigenvalue weighted by Crippen LogP contribution is 2.41. The lowest BCUT2D eigenvalue weighted by Gasteiger charge is -2.29. The molecule has 0 saturated carbocycles. The van der Waals surface area contributed by atoms with Crippen LogP contribution in [0.15, 0.2) is 62.6 Å². The van der Waals surface area contributed by atoms with Gasteiger partial charge in [0, 0.05) is 35.6 Å². The smallest absolute Gasteiger partial charge is 0.218 e. The maximum absolute atomic E-state index is 13.1. The van der Waals surface area contributed by atoms with Gasteiger partial charge in [-0.1, -0.05) is 72.9 Å². The zero-order valence-electron chi connectivity index (χ0n) is 23.2. The normalized spacial score (nSPS) is 18.7. The van der Waals surface area contributed by atoms with E-state index in [0.717, 1.165) is 36.8 Å². The van der Waals surface area contributed by atoms with E-state index in [1.165, 1.54) is 19.6 Å². The van der Waals surface area contributed by atoms with Crippen molar-refractivity contribution in [1.29, 1.82) is 0 Å². The summed E-state index contributed by atoms with van der Waals surface area (Å²) in [7, 11) is 0. The van der Waals surface area contributed by atoms with Crippen molar-refractivity contribution in [1.82, 2.24) is 0 Å². The molecule has 0 radical (unpaired) electrons. The summed E-state index contributed by atoms with van der Waals surface area (Å²) in [6.07, 6.45) is 12.2. The molecule has 0 spiro atoms. The maximum atomic E-state index is 13.1. The monoisotopic (exact) mass is 522 g/mol. The van der Waals surface area contributed by atoms with Gasteiger partial charge in [0.1, 0.15) is 0 Å². The number of Topliss-reactive ketones (excluding diaryl/α,β-unsaturated/α-hetero) is 1. The van der Waals surface area contributed by atoms with Crippen molar-refractivity contribution in [2.24, 2.45) is 17.8 Å². The number of rotatable bonds is 10. The molecule has 1 aliphatic heterocycles. The Morgan fingerprint density at radius 2 is 1.56 bits per heavy atom. The quantitative estimate of drug-likeness (QED) is 0.228. The highest BCUT2D eigenvalue weighted by molar-refractivity contribution is 8.06. The number of carbonyl (C=O) groups excluding carboxylic acids is 1. The van der Waals surface area contributed by atoms with E-state index in [4.69, 9.17) is 0 Å². The molecule has 194 valence electrons. The molecule has 0 N–H and O–H groups in total. The van der Waals surface area contributed by atoms with Gasteiger partial charge in [0.25, 0.3) is 0 Å². The van der Waals surface area contributed by atoms with Gasteiger partial charge in [0.2, 0.25) is 21.1 Å². The van der Waals surface area contributed by atoms with Crippen LogP contribution in [-0.2, 0) is 11.2 Å². The fraction of sp³-hybridized carbons (Fsp3) is 0.500. The standard InChI is InChI=1S/C32H42O2S2/c1-19(2)9-11-25-13-23(17-29(35-25)21(5)6)15-27-31(33)28(32(27)34)16-24-14-26(12-10-20(3)4)36-30(18-24)22(7)8/h13-22H,9-12H2,1-8H3. The van der Waals surface area contributed by atoms with Crippen LogP contribution in [0.2, 0.25) is 0 Å². The second kappa shape index (κ2) is 12.6.